The van der Waals surface area contributed by atoms with E-state index in [9.17, 15) is 13.2 Å². The molecule has 0 aliphatic rings. The molecule has 182 valence electrons. The van der Waals surface area contributed by atoms with Crippen LogP contribution in [0.3, 0.4) is 0 Å². The van der Waals surface area contributed by atoms with Gasteiger partial charge in [0.05, 0.1) is 19.6 Å². The van der Waals surface area contributed by atoms with Crippen LogP contribution in [0.15, 0.2) is 6.33 Å². The van der Waals surface area contributed by atoms with Crippen molar-refractivity contribution in [1.82, 2.24) is 4.57 Å². The van der Waals surface area contributed by atoms with E-state index >= 15 is 0 Å². The molecule has 0 fully saturated rings. The summed E-state index contributed by atoms with van der Waals surface area (Å²) >= 11 is 0. The van der Waals surface area contributed by atoms with Crippen molar-refractivity contribution in [3.05, 3.63) is 50.8 Å². The molecule has 0 N–H and O–H groups in total. The Hall–Kier alpha value is -1.51. The zero-order valence-electron chi connectivity index (χ0n) is 20.1. The second-order valence-electron chi connectivity index (χ2n) is 7.93. The number of fused-ring (bicyclic) bond motifs is 1. The normalized spacial score (nSPS) is 11.4. The van der Waals surface area contributed by atoms with Gasteiger partial charge in [-0.2, -0.15) is 46.6 Å². The van der Waals surface area contributed by atoms with Crippen LogP contribution in [0.2, 0.25) is 0 Å². The molecule has 0 saturated heterocycles. The Balaban J connectivity index is 0.000000460. The zero-order valence-corrected chi connectivity index (χ0v) is 22.6. The molecule has 2 aromatic carbocycles. The van der Waals surface area contributed by atoms with Gasteiger partial charge in [0.1, 0.15) is 0 Å². The number of alkyl halides is 3. The maximum atomic E-state index is 10.7. The van der Waals surface area contributed by atoms with Gasteiger partial charge >= 0.3 is 25.0 Å². The third-order valence-electron chi connectivity index (χ3n) is 6.21. The second kappa shape index (κ2) is 10.6. The molecule has 0 saturated carbocycles. The molecule has 0 unspecified atom stereocenters. The summed E-state index contributed by atoms with van der Waals surface area (Å²) in [5, 5.41) is 0. The summed E-state index contributed by atoms with van der Waals surface area (Å²) in [5.74, 6) is 0. The fraction of sp³-hybridized carbons (Fsp3) is 0.500. The number of aryl methyl sites for hydroxylation is 4. The van der Waals surface area contributed by atoms with Gasteiger partial charge in [0, 0.05) is 5.52 Å². The van der Waals surface area contributed by atoms with Gasteiger partial charge in [0.15, 0.2) is 10.1 Å². The first-order valence-corrected chi connectivity index (χ1v) is 11.0. The third-order valence-corrected chi connectivity index (χ3v) is 6.77. The van der Waals surface area contributed by atoms with Gasteiger partial charge < -0.3 is 4.55 Å². The standard InChI is InChI=1S/C11H16N2.C10H15.CHF3O3S.Ru/c1-7-8(2)10-11(9(7)3)13(5)6-12(10)4;1-6-7(2)9(4)10(5)8(6)3;2-1(3,4)8(5,6)7;/h6H,1-5H3;1-5H3;(H,5,6,7);/q;-1;;+2/p-1. The molecule has 3 rings (SSSR count). The number of nitrogens with zero attached hydrogens (tertiary/aromatic N) is 2. The molecule has 0 radical (unpaired) electrons. The van der Waals surface area contributed by atoms with E-state index < -0.39 is 15.6 Å². The van der Waals surface area contributed by atoms with Gasteiger partial charge in [-0.15, -0.1) is 11.1 Å². The first-order valence-electron chi connectivity index (χ1n) is 9.63. The van der Waals surface area contributed by atoms with Crippen LogP contribution in [0.25, 0.3) is 11.0 Å². The average molecular weight is 562 g/mol. The SMILES string of the molecule is Cc1c(C)[c-](C)c2c1[n+](C)cn2C.Cc1c(C)c(C)[c-](C)c1C.O=S(=O)([O-])C(F)(F)F.[Ru+2]. The maximum absolute atomic E-state index is 10.7. The summed E-state index contributed by atoms with van der Waals surface area (Å²) in [4.78, 5) is 0. The van der Waals surface area contributed by atoms with E-state index in [1.54, 1.807) is 0 Å². The molecule has 1 aromatic heterocycles. The van der Waals surface area contributed by atoms with Crippen molar-refractivity contribution in [2.24, 2.45) is 14.1 Å². The van der Waals surface area contributed by atoms with E-state index in [0.29, 0.717) is 0 Å². The van der Waals surface area contributed by atoms with Gasteiger partial charge in [-0.3, -0.25) is 9.13 Å². The minimum Gasteiger partial charge on any atom is -0.741 e. The first-order chi connectivity index (χ1) is 13.8. The largest absolute Gasteiger partial charge is 2.00 e. The van der Waals surface area contributed by atoms with Gasteiger partial charge in [0.2, 0.25) is 6.33 Å². The molecule has 5 nitrogen and oxygen atoms in total. The van der Waals surface area contributed by atoms with E-state index in [4.69, 9.17) is 13.0 Å². The molecule has 0 spiro atoms. The van der Waals surface area contributed by atoms with Crippen molar-refractivity contribution < 1.29 is 50.2 Å². The summed E-state index contributed by atoms with van der Waals surface area (Å²) in [5.41, 5.74) is 8.69. The Morgan fingerprint density at radius 2 is 1.25 bits per heavy atom. The summed E-state index contributed by atoms with van der Waals surface area (Å²) < 4.78 is 63.3. The van der Waals surface area contributed by atoms with Gasteiger partial charge in [-0.25, -0.2) is 8.42 Å². The predicted octanol–water partition coefficient (Wildman–Crippen LogP) is 4.64. The van der Waals surface area contributed by atoms with Crippen LogP contribution in [-0.2, 0) is 43.7 Å². The van der Waals surface area contributed by atoms with Crippen LogP contribution < -0.4 is 4.57 Å². The number of halogens is 3. The number of rotatable bonds is 0. The summed E-state index contributed by atoms with van der Waals surface area (Å²) in [6.07, 6.45) is 2.13. The van der Waals surface area contributed by atoms with Gasteiger partial charge in [-0.05, 0) is 0 Å². The third kappa shape index (κ3) is 6.09. The van der Waals surface area contributed by atoms with Crippen LogP contribution >= 0.6 is 0 Å². The second-order valence-corrected chi connectivity index (χ2v) is 9.31. The van der Waals surface area contributed by atoms with E-state index in [1.807, 2.05) is 0 Å². The fourth-order valence-electron chi connectivity index (χ4n) is 3.64. The molecule has 0 aliphatic heterocycles. The number of imidazole rings is 1. The van der Waals surface area contributed by atoms with E-state index in [0.717, 1.165) is 0 Å². The minimum atomic E-state index is -6.09. The molecule has 10 heteroatoms. The molecule has 1 heterocycles. The minimum absolute atomic E-state index is 0. The van der Waals surface area contributed by atoms with Crippen LogP contribution in [0, 0.1) is 55.4 Å². The van der Waals surface area contributed by atoms with Gasteiger partial charge in [-0.1, -0.05) is 55.4 Å². The first kappa shape index (κ1) is 30.5. The Morgan fingerprint density at radius 1 is 0.906 bits per heavy atom. The van der Waals surface area contributed by atoms with Crippen LogP contribution in [0.4, 0.5) is 13.2 Å². The number of hydrogen-bond donors (Lipinski definition) is 0. The fourth-order valence-corrected chi connectivity index (χ4v) is 3.64. The Bertz CT molecular complexity index is 1080. The molecular formula is C22H31F3N2O3RuS. The maximum Gasteiger partial charge on any atom is 2.00 e. The smallest absolute Gasteiger partial charge is 0.741 e. The van der Waals surface area contributed by atoms with E-state index in [2.05, 4.69) is 84.9 Å². The number of aromatic nitrogens is 2. The summed E-state index contributed by atoms with van der Waals surface area (Å²) in [6, 6.07) is 0. The van der Waals surface area contributed by atoms with Gasteiger partial charge in [0.25, 0.3) is 0 Å². The van der Waals surface area contributed by atoms with E-state index in [1.165, 1.54) is 55.5 Å². The van der Waals surface area contributed by atoms with Crippen molar-refractivity contribution >= 4 is 21.2 Å². The number of hydrogen-bond acceptors (Lipinski definition) is 3. The van der Waals surface area contributed by atoms with Crippen molar-refractivity contribution in [2.75, 3.05) is 0 Å². The summed E-state index contributed by atoms with van der Waals surface area (Å²) in [6.45, 7) is 17.6. The monoisotopic (exact) mass is 562 g/mol. The van der Waals surface area contributed by atoms with Crippen LogP contribution in [-0.4, -0.2) is 23.0 Å². The predicted molar refractivity (Wildman–Crippen MR) is 115 cm³/mol. The molecule has 3 aromatic rings. The van der Waals surface area contributed by atoms with Crippen LogP contribution in [0.1, 0.15) is 44.5 Å². The Labute approximate surface area is 201 Å². The Kier molecular flexibility index (Phi) is 10.1. The molecule has 32 heavy (non-hydrogen) atoms. The average Bonchev–Trinajstić information content (AvgIpc) is 3.13. The molecule has 0 amide bonds. The summed E-state index contributed by atoms with van der Waals surface area (Å²) in [7, 11) is -1.88. The molecule has 0 bridgehead atoms. The molecular weight excluding hydrogens is 530 g/mol. The molecule has 0 aliphatic carbocycles. The topological polar surface area (TPSA) is 66.0 Å². The van der Waals surface area contributed by atoms with Crippen LogP contribution in [0.5, 0.6) is 0 Å². The quantitative estimate of drug-likeness (QED) is 0.132. The van der Waals surface area contributed by atoms with E-state index in [-0.39, 0.29) is 19.5 Å². The van der Waals surface area contributed by atoms with Crippen molar-refractivity contribution in [3.8, 4) is 0 Å². The molecule has 0 atom stereocenters. The Morgan fingerprint density at radius 3 is 1.50 bits per heavy atom. The van der Waals surface area contributed by atoms with Crippen molar-refractivity contribution in [2.45, 2.75) is 60.9 Å². The van der Waals surface area contributed by atoms with Crippen molar-refractivity contribution in [1.29, 1.82) is 0 Å². The zero-order chi connectivity index (χ0) is 24.6. The van der Waals surface area contributed by atoms with Crippen molar-refractivity contribution in [3.63, 3.8) is 0 Å².